The quantitative estimate of drug-likeness (QED) is 0.632. The molecule has 1 atom stereocenters. The highest BCUT2D eigenvalue weighted by Gasteiger charge is 2.08. The van der Waals surface area contributed by atoms with E-state index < -0.39 is 0 Å². The zero-order valence-electron chi connectivity index (χ0n) is 11.0. The third kappa shape index (κ3) is 6.58. The van der Waals surface area contributed by atoms with Crippen LogP contribution in [-0.2, 0) is 6.42 Å². The van der Waals surface area contributed by atoms with E-state index in [1.807, 2.05) is 11.3 Å². The van der Waals surface area contributed by atoms with Gasteiger partial charge in [0.15, 0.2) is 0 Å². The SMILES string of the molecule is CCCCCCCC(Cc1ccc(Br)s1)NC. The zero-order chi connectivity index (χ0) is 12.5. The molecule has 17 heavy (non-hydrogen) atoms. The molecule has 0 aromatic carbocycles. The summed E-state index contributed by atoms with van der Waals surface area (Å²) >= 11 is 5.38. The predicted molar refractivity (Wildman–Crippen MR) is 81.9 cm³/mol. The monoisotopic (exact) mass is 317 g/mol. The Balaban J connectivity index is 2.19. The van der Waals surface area contributed by atoms with E-state index in [0.29, 0.717) is 6.04 Å². The smallest absolute Gasteiger partial charge is 0.0701 e. The summed E-state index contributed by atoms with van der Waals surface area (Å²) in [4.78, 5) is 1.48. The van der Waals surface area contributed by atoms with Gasteiger partial charge in [-0.05, 0) is 48.0 Å². The van der Waals surface area contributed by atoms with Crippen LogP contribution >= 0.6 is 27.3 Å². The molecule has 0 spiro atoms. The summed E-state index contributed by atoms with van der Waals surface area (Å²) in [6, 6.07) is 5.02. The number of hydrogen-bond acceptors (Lipinski definition) is 2. The molecule has 0 fully saturated rings. The fourth-order valence-corrected chi connectivity index (χ4v) is 3.61. The Bertz CT molecular complexity index is 298. The highest BCUT2D eigenvalue weighted by Crippen LogP contribution is 2.24. The average Bonchev–Trinajstić information content (AvgIpc) is 2.73. The second kappa shape index (κ2) is 9.12. The number of thiophene rings is 1. The molecule has 0 aliphatic rings. The van der Waals surface area contributed by atoms with E-state index in [1.54, 1.807) is 0 Å². The number of halogens is 1. The zero-order valence-corrected chi connectivity index (χ0v) is 13.4. The van der Waals surface area contributed by atoms with E-state index in [-0.39, 0.29) is 0 Å². The average molecular weight is 318 g/mol. The van der Waals surface area contributed by atoms with E-state index in [0.717, 1.165) is 0 Å². The normalized spacial score (nSPS) is 12.9. The van der Waals surface area contributed by atoms with Crippen LogP contribution in [0.1, 0.15) is 50.3 Å². The molecule has 0 saturated carbocycles. The summed E-state index contributed by atoms with van der Waals surface area (Å²) in [5.74, 6) is 0. The third-order valence-electron chi connectivity index (χ3n) is 3.14. The molecular formula is C14H24BrNS. The van der Waals surface area contributed by atoms with Gasteiger partial charge in [0.05, 0.1) is 3.79 Å². The van der Waals surface area contributed by atoms with Gasteiger partial charge in [-0.25, -0.2) is 0 Å². The van der Waals surface area contributed by atoms with Crippen molar-refractivity contribution in [3.05, 3.63) is 20.8 Å². The van der Waals surface area contributed by atoms with Gasteiger partial charge in [0.2, 0.25) is 0 Å². The van der Waals surface area contributed by atoms with Crippen molar-refractivity contribution >= 4 is 27.3 Å². The summed E-state index contributed by atoms with van der Waals surface area (Å²) in [6.45, 7) is 2.27. The van der Waals surface area contributed by atoms with Crippen molar-refractivity contribution in [1.29, 1.82) is 0 Å². The standard InChI is InChI=1S/C14H24BrNS/c1-3-4-5-6-7-8-12(16-2)11-13-9-10-14(15)17-13/h9-10,12,16H,3-8,11H2,1-2H3. The van der Waals surface area contributed by atoms with Crippen molar-refractivity contribution in [3.63, 3.8) is 0 Å². The lowest BCUT2D eigenvalue weighted by molar-refractivity contribution is 0.484. The maximum Gasteiger partial charge on any atom is 0.0701 e. The van der Waals surface area contributed by atoms with Crippen molar-refractivity contribution in [2.24, 2.45) is 0 Å². The first-order chi connectivity index (χ1) is 8.26. The van der Waals surface area contributed by atoms with E-state index >= 15 is 0 Å². The molecule has 1 aromatic rings. The second-order valence-corrected chi connectivity index (χ2v) is 7.15. The second-order valence-electron chi connectivity index (χ2n) is 4.60. The van der Waals surface area contributed by atoms with Gasteiger partial charge in [0, 0.05) is 10.9 Å². The van der Waals surface area contributed by atoms with Gasteiger partial charge in [0.1, 0.15) is 0 Å². The van der Waals surface area contributed by atoms with Gasteiger partial charge in [0.25, 0.3) is 0 Å². The van der Waals surface area contributed by atoms with E-state index in [9.17, 15) is 0 Å². The lowest BCUT2D eigenvalue weighted by atomic mass is 10.0. The summed E-state index contributed by atoms with van der Waals surface area (Å²) in [6.07, 6.45) is 9.34. The van der Waals surface area contributed by atoms with E-state index in [4.69, 9.17) is 0 Å². The fraction of sp³-hybridized carbons (Fsp3) is 0.714. The highest BCUT2D eigenvalue weighted by molar-refractivity contribution is 9.11. The molecule has 0 saturated heterocycles. The number of rotatable bonds is 9. The maximum atomic E-state index is 3.52. The van der Waals surface area contributed by atoms with Gasteiger partial charge in [-0.1, -0.05) is 39.0 Å². The van der Waals surface area contributed by atoms with Crippen LogP contribution < -0.4 is 5.32 Å². The summed E-state index contributed by atoms with van der Waals surface area (Å²) in [5, 5.41) is 3.44. The minimum atomic E-state index is 0.641. The number of likely N-dealkylation sites (N-methyl/N-ethyl adjacent to an activating group) is 1. The van der Waals surface area contributed by atoms with Crippen LogP contribution in [0, 0.1) is 0 Å². The van der Waals surface area contributed by atoms with Crippen LogP contribution in [0.4, 0.5) is 0 Å². The number of unbranched alkanes of at least 4 members (excludes halogenated alkanes) is 4. The van der Waals surface area contributed by atoms with Crippen LogP contribution in [0.25, 0.3) is 0 Å². The van der Waals surface area contributed by atoms with E-state index in [2.05, 4.69) is 47.4 Å². The van der Waals surface area contributed by atoms with Crippen LogP contribution in [0.15, 0.2) is 15.9 Å². The highest BCUT2D eigenvalue weighted by atomic mass is 79.9. The van der Waals surface area contributed by atoms with Crippen molar-refractivity contribution in [3.8, 4) is 0 Å². The molecule has 1 aromatic heterocycles. The molecule has 1 rings (SSSR count). The lowest BCUT2D eigenvalue weighted by Crippen LogP contribution is -2.27. The van der Waals surface area contributed by atoms with Crippen LogP contribution in [0.3, 0.4) is 0 Å². The molecule has 0 amide bonds. The molecule has 1 nitrogen and oxygen atoms in total. The molecular weight excluding hydrogens is 294 g/mol. The van der Waals surface area contributed by atoms with Crippen molar-refractivity contribution in [2.75, 3.05) is 7.05 Å². The molecule has 3 heteroatoms. The van der Waals surface area contributed by atoms with Gasteiger partial charge in [-0.2, -0.15) is 0 Å². The summed E-state index contributed by atoms with van der Waals surface area (Å²) in [5.41, 5.74) is 0. The molecule has 0 aliphatic carbocycles. The Labute approximate surface area is 118 Å². The molecule has 1 N–H and O–H groups in total. The molecule has 1 unspecified atom stereocenters. The van der Waals surface area contributed by atoms with Crippen molar-refractivity contribution in [2.45, 2.75) is 57.9 Å². The first-order valence-electron chi connectivity index (χ1n) is 6.67. The number of nitrogens with one attached hydrogen (secondary N) is 1. The Hall–Kier alpha value is 0.140. The van der Waals surface area contributed by atoms with Crippen LogP contribution in [-0.4, -0.2) is 13.1 Å². The third-order valence-corrected chi connectivity index (χ3v) is 4.79. The fourth-order valence-electron chi connectivity index (χ4n) is 2.05. The van der Waals surface area contributed by atoms with Gasteiger partial charge in [-0.15, -0.1) is 11.3 Å². The maximum absolute atomic E-state index is 3.52. The molecule has 98 valence electrons. The van der Waals surface area contributed by atoms with Crippen molar-refractivity contribution < 1.29 is 0 Å². The molecule has 0 bridgehead atoms. The van der Waals surface area contributed by atoms with Crippen LogP contribution in [0.5, 0.6) is 0 Å². The van der Waals surface area contributed by atoms with Gasteiger partial charge < -0.3 is 5.32 Å². The first-order valence-corrected chi connectivity index (χ1v) is 8.28. The predicted octanol–water partition coefficient (Wildman–Crippen LogP) is 5.00. The first kappa shape index (κ1) is 15.2. The van der Waals surface area contributed by atoms with Crippen LogP contribution in [0.2, 0.25) is 0 Å². The Morgan fingerprint density at radius 1 is 1.24 bits per heavy atom. The lowest BCUT2D eigenvalue weighted by Gasteiger charge is -2.14. The Morgan fingerprint density at radius 2 is 2.00 bits per heavy atom. The van der Waals surface area contributed by atoms with Gasteiger partial charge in [-0.3, -0.25) is 0 Å². The number of hydrogen-bond donors (Lipinski definition) is 1. The van der Waals surface area contributed by atoms with E-state index in [1.165, 1.54) is 53.6 Å². The van der Waals surface area contributed by atoms with Gasteiger partial charge >= 0.3 is 0 Å². The topological polar surface area (TPSA) is 12.0 Å². The Kier molecular flexibility index (Phi) is 8.15. The summed E-state index contributed by atoms with van der Waals surface area (Å²) < 4.78 is 1.24. The van der Waals surface area contributed by atoms with Crippen molar-refractivity contribution in [1.82, 2.24) is 5.32 Å². The largest absolute Gasteiger partial charge is 0.317 e. The Morgan fingerprint density at radius 3 is 2.59 bits per heavy atom. The minimum Gasteiger partial charge on any atom is -0.317 e. The minimum absolute atomic E-state index is 0.641. The molecule has 0 radical (unpaired) electrons. The summed E-state index contributed by atoms with van der Waals surface area (Å²) in [7, 11) is 2.08. The molecule has 0 aliphatic heterocycles. The molecule has 1 heterocycles.